The number of benzene rings is 2. The molecule has 0 saturated heterocycles. The molecule has 3 N–H and O–H groups in total. The van der Waals surface area contributed by atoms with Crippen LogP contribution in [0.15, 0.2) is 53.7 Å². The quantitative estimate of drug-likeness (QED) is 0.732. The third-order valence-corrected chi connectivity index (χ3v) is 4.63. The van der Waals surface area contributed by atoms with Gasteiger partial charge in [0.2, 0.25) is 0 Å². The zero-order valence-electron chi connectivity index (χ0n) is 15.8. The highest BCUT2D eigenvalue weighted by molar-refractivity contribution is 6.07. The Bertz CT molecular complexity index is 950. The van der Waals surface area contributed by atoms with Crippen LogP contribution in [0.3, 0.4) is 0 Å². The molecule has 7 heteroatoms. The summed E-state index contributed by atoms with van der Waals surface area (Å²) in [5.41, 5.74) is 1.43. The van der Waals surface area contributed by atoms with E-state index in [1.54, 1.807) is 12.1 Å². The molecule has 3 rings (SSSR count). The molecule has 0 aromatic heterocycles. The van der Waals surface area contributed by atoms with Gasteiger partial charge in [-0.15, -0.1) is 0 Å². The molecule has 1 aliphatic heterocycles. The number of amides is 3. The molecule has 0 bridgehead atoms. The van der Waals surface area contributed by atoms with Gasteiger partial charge in [0.25, 0.3) is 5.91 Å². The van der Waals surface area contributed by atoms with Gasteiger partial charge in [-0.25, -0.2) is 13.6 Å². The number of hydrogen-bond acceptors (Lipinski definition) is 2. The molecule has 1 aliphatic rings. The monoisotopic (exact) mass is 385 g/mol. The molecule has 1 heterocycles. The number of carbonyl (C=O) groups excluding carboxylic acids is 2. The van der Waals surface area contributed by atoms with E-state index in [0.717, 1.165) is 17.7 Å². The first-order valence-corrected chi connectivity index (χ1v) is 8.92. The Balaban J connectivity index is 2.03. The maximum Gasteiger partial charge on any atom is 0.319 e. The number of para-hydroxylation sites is 1. The first kappa shape index (κ1) is 19.5. The maximum atomic E-state index is 14.4. The van der Waals surface area contributed by atoms with Gasteiger partial charge in [0.05, 0.1) is 17.2 Å². The fourth-order valence-electron chi connectivity index (χ4n) is 3.30. The lowest BCUT2D eigenvalue weighted by Gasteiger charge is -2.29. The number of carbonyl (C=O) groups is 2. The molecule has 2 aromatic carbocycles. The Hall–Kier alpha value is -3.22. The normalized spacial score (nSPS) is 16.6. The molecule has 0 saturated carbocycles. The van der Waals surface area contributed by atoms with Crippen LogP contribution in [0.5, 0.6) is 0 Å². The number of nitrogens with one attached hydrogen (secondary N) is 3. The summed E-state index contributed by atoms with van der Waals surface area (Å²) in [5.74, 6) is -2.07. The third kappa shape index (κ3) is 3.74. The van der Waals surface area contributed by atoms with Gasteiger partial charge in [-0.1, -0.05) is 38.1 Å². The van der Waals surface area contributed by atoms with E-state index in [1.807, 2.05) is 26.0 Å². The lowest BCUT2D eigenvalue weighted by molar-refractivity contribution is -0.113. The zero-order chi connectivity index (χ0) is 20.4. The summed E-state index contributed by atoms with van der Waals surface area (Å²) in [6.07, 6.45) is 0. The van der Waals surface area contributed by atoms with E-state index in [4.69, 9.17) is 0 Å². The number of halogens is 2. The Morgan fingerprint density at radius 2 is 1.71 bits per heavy atom. The summed E-state index contributed by atoms with van der Waals surface area (Å²) < 4.78 is 28.7. The molecule has 0 aliphatic carbocycles. The summed E-state index contributed by atoms with van der Waals surface area (Å²) in [4.78, 5) is 25.0. The van der Waals surface area contributed by atoms with Crippen molar-refractivity contribution in [1.29, 1.82) is 0 Å². The van der Waals surface area contributed by atoms with Crippen LogP contribution in [0.2, 0.25) is 0 Å². The smallest absolute Gasteiger partial charge is 0.319 e. The number of hydrogen-bond donors (Lipinski definition) is 3. The molecule has 3 amide bonds. The summed E-state index contributed by atoms with van der Waals surface area (Å²) >= 11 is 0. The molecule has 146 valence electrons. The van der Waals surface area contributed by atoms with Gasteiger partial charge in [0, 0.05) is 11.4 Å². The van der Waals surface area contributed by atoms with Crippen LogP contribution >= 0.6 is 0 Å². The van der Waals surface area contributed by atoms with Crippen LogP contribution in [0, 0.1) is 11.6 Å². The van der Waals surface area contributed by atoms with Crippen molar-refractivity contribution in [2.75, 3.05) is 5.32 Å². The highest BCUT2D eigenvalue weighted by atomic mass is 19.1. The lowest BCUT2D eigenvalue weighted by Crippen LogP contribution is -2.46. The molecule has 1 atom stereocenters. The molecule has 0 fully saturated rings. The largest absolute Gasteiger partial charge is 0.326 e. The van der Waals surface area contributed by atoms with E-state index in [2.05, 4.69) is 16.0 Å². The summed E-state index contributed by atoms with van der Waals surface area (Å²) in [5, 5.41) is 7.76. The second-order valence-electron chi connectivity index (χ2n) is 6.90. The standard InChI is InChI=1S/C21H21F2N3O2/c1-11(2)13-7-4-5-10-16(13)25-20(27)17-12(3)24-21(28)26-19(17)18-14(22)8-6-9-15(18)23/h4-11,19H,1-3H3,(H,25,27)(H2,24,26,28)/t19-/m1/s1. The van der Waals surface area contributed by atoms with Crippen molar-refractivity contribution in [2.24, 2.45) is 0 Å². The highest BCUT2D eigenvalue weighted by Crippen LogP contribution is 2.32. The topological polar surface area (TPSA) is 70.2 Å². The van der Waals surface area contributed by atoms with Crippen molar-refractivity contribution < 1.29 is 18.4 Å². The fourth-order valence-corrected chi connectivity index (χ4v) is 3.30. The van der Waals surface area contributed by atoms with Gasteiger partial charge < -0.3 is 16.0 Å². The van der Waals surface area contributed by atoms with Gasteiger partial charge in [-0.2, -0.15) is 0 Å². The van der Waals surface area contributed by atoms with Gasteiger partial charge in [0.15, 0.2) is 0 Å². The van der Waals surface area contributed by atoms with Gasteiger partial charge in [-0.05, 0) is 36.6 Å². The minimum Gasteiger partial charge on any atom is -0.326 e. The van der Waals surface area contributed by atoms with Crippen LogP contribution < -0.4 is 16.0 Å². The van der Waals surface area contributed by atoms with E-state index < -0.39 is 29.6 Å². The third-order valence-electron chi connectivity index (χ3n) is 4.63. The first-order chi connectivity index (χ1) is 13.3. The number of anilines is 1. The molecular formula is C21H21F2N3O2. The summed E-state index contributed by atoms with van der Waals surface area (Å²) in [6.45, 7) is 5.51. The summed E-state index contributed by atoms with van der Waals surface area (Å²) in [7, 11) is 0. The van der Waals surface area contributed by atoms with Crippen molar-refractivity contribution >= 4 is 17.6 Å². The molecular weight excluding hydrogens is 364 g/mol. The van der Waals surface area contributed by atoms with Gasteiger partial charge in [-0.3, -0.25) is 4.79 Å². The summed E-state index contributed by atoms with van der Waals surface area (Å²) in [6, 6.07) is 8.84. The van der Waals surface area contributed by atoms with Crippen LogP contribution in [-0.4, -0.2) is 11.9 Å². The number of rotatable bonds is 4. The molecule has 2 aromatic rings. The van der Waals surface area contributed by atoms with E-state index in [1.165, 1.54) is 13.0 Å². The van der Waals surface area contributed by atoms with Crippen LogP contribution in [-0.2, 0) is 4.79 Å². The average molecular weight is 385 g/mol. The SMILES string of the molecule is CC1=C(C(=O)Nc2ccccc2C(C)C)[C@H](c2c(F)cccc2F)NC(=O)N1. The van der Waals surface area contributed by atoms with Gasteiger partial charge >= 0.3 is 6.03 Å². The van der Waals surface area contributed by atoms with E-state index in [-0.39, 0.29) is 22.8 Å². The molecule has 28 heavy (non-hydrogen) atoms. The molecule has 0 radical (unpaired) electrons. The fraction of sp³-hybridized carbons (Fsp3) is 0.238. The lowest BCUT2D eigenvalue weighted by atomic mass is 9.93. The van der Waals surface area contributed by atoms with Crippen LogP contribution in [0.4, 0.5) is 19.3 Å². The Labute approximate surface area is 161 Å². The zero-order valence-corrected chi connectivity index (χ0v) is 15.8. The van der Waals surface area contributed by atoms with Crippen molar-refractivity contribution in [2.45, 2.75) is 32.7 Å². The van der Waals surface area contributed by atoms with E-state index >= 15 is 0 Å². The first-order valence-electron chi connectivity index (χ1n) is 8.92. The Kier molecular flexibility index (Phi) is 5.44. The number of urea groups is 1. The van der Waals surface area contributed by atoms with E-state index in [9.17, 15) is 18.4 Å². The minimum absolute atomic E-state index is 0.0437. The molecule has 0 spiro atoms. The van der Waals surface area contributed by atoms with Gasteiger partial charge in [0.1, 0.15) is 11.6 Å². The Morgan fingerprint density at radius 1 is 1.07 bits per heavy atom. The maximum absolute atomic E-state index is 14.4. The van der Waals surface area contributed by atoms with E-state index in [0.29, 0.717) is 5.69 Å². The average Bonchev–Trinajstić information content (AvgIpc) is 2.61. The highest BCUT2D eigenvalue weighted by Gasteiger charge is 2.34. The predicted molar refractivity (Wildman–Crippen MR) is 103 cm³/mol. The Morgan fingerprint density at radius 3 is 2.36 bits per heavy atom. The van der Waals surface area contributed by atoms with Crippen molar-refractivity contribution in [1.82, 2.24) is 10.6 Å². The minimum atomic E-state index is -1.25. The second-order valence-corrected chi connectivity index (χ2v) is 6.90. The molecule has 5 nitrogen and oxygen atoms in total. The van der Waals surface area contributed by atoms with Crippen molar-refractivity contribution in [3.8, 4) is 0 Å². The van der Waals surface area contributed by atoms with Crippen LogP contribution in [0.1, 0.15) is 43.9 Å². The number of allylic oxidation sites excluding steroid dienone is 1. The van der Waals surface area contributed by atoms with Crippen molar-refractivity contribution in [3.05, 3.63) is 76.5 Å². The van der Waals surface area contributed by atoms with Crippen LogP contribution in [0.25, 0.3) is 0 Å². The molecule has 0 unspecified atom stereocenters. The van der Waals surface area contributed by atoms with Crippen molar-refractivity contribution in [3.63, 3.8) is 0 Å². The second kappa shape index (κ2) is 7.80. The predicted octanol–water partition coefficient (Wildman–Crippen LogP) is 4.35.